The van der Waals surface area contributed by atoms with Gasteiger partial charge in [-0.2, -0.15) is 0 Å². The number of amides is 2. The van der Waals surface area contributed by atoms with Gasteiger partial charge in [0.2, 0.25) is 5.91 Å². The SMILES string of the molecule is CC(C)(C)C(=O)N1CCC(Nc2cc(C(=O)NC[C@H](O)CN3CCc4cc(OCc5cnco5)ccc4C3)ccn2)CC1. The molecule has 11 nitrogen and oxygen atoms in total. The highest BCUT2D eigenvalue weighted by Crippen LogP contribution is 2.25. The van der Waals surface area contributed by atoms with Gasteiger partial charge >= 0.3 is 0 Å². The van der Waals surface area contributed by atoms with E-state index < -0.39 is 6.10 Å². The summed E-state index contributed by atoms with van der Waals surface area (Å²) in [7, 11) is 0. The molecule has 3 N–H and O–H groups in total. The Labute approximate surface area is 252 Å². The molecule has 1 aromatic carbocycles. The van der Waals surface area contributed by atoms with Gasteiger partial charge in [-0.15, -0.1) is 0 Å². The van der Waals surface area contributed by atoms with Crippen molar-refractivity contribution in [2.45, 2.75) is 65.3 Å². The molecule has 1 atom stereocenters. The third-order valence-electron chi connectivity index (χ3n) is 7.90. The van der Waals surface area contributed by atoms with Crippen molar-refractivity contribution in [3.63, 3.8) is 0 Å². The molecule has 5 rings (SSSR count). The fourth-order valence-corrected chi connectivity index (χ4v) is 5.54. The van der Waals surface area contributed by atoms with Crippen LogP contribution in [-0.2, 0) is 24.4 Å². The van der Waals surface area contributed by atoms with Gasteiger partial charge in [0.25, 0.3) is 5.91 Å². The summed E-state index contributed by atoms with van der Waals surface area (Å²) in [5, 5.41) is 17.0. The number of aliphatic hydroxyl groups excluding tert-OH is 1. The van der Waals surface area contributed by atoms with Crippen molar-refractivity contribution in [3.05, 3.63) is 71.6 Å². The minimum atomic E-state index is -0.699. The number of carbonyl (C=O) groups is 2. The molecule has 0 radical (unpaired) electrons. The van der Waals surface area contributed by atoms with Crippen molar-refractivity contribution in [2.75, 3.05) is 38.0 Å². The van der Waals surface area contributed by atoms with E-state index >= 15 is 0 Å². The van der Waals surface area contributed by atoms with E-state index in [1.165, 1.54) is 17.5 Å². The van der Waals surface area contributed by atoms with E-state index in [1.54, 1.807) is 24.5 Å². The molecule has 230 valence electrons. The number of aliphatic hydroxyl groups is 1. The maximum Gasteiger partial charge on any atom is 0.251 e. The molecular weight excluding hydrogens is 548 g/mol. The molecule has 2 amide bonds. The third-order valence-corrected chi connectivity index (χ3v) is 7.90. The largest absolute Gasteiger partial charge is 0.486 e. The lowest BCUT2D eigenvalue weighted by Gasteiger charge is -2.36. The number of carbonyl (C=O) groups excluding carboxylic acids is 2. The predicted octanol–water partition coefficient (Wildman–Crippen LogP) is 3.25. The second-order valence-electron chi connectivity index (χ2n) is 12.4. The van der Waals surface area contributed by atoms with E-state index in [1.807, 2.05) is 31.7 Å². The smallest absolute Gasteiger partial charge is 0.251 e. The Morgan fingerprint density at radius 3 is 2.70 bits per heavy atom. The van der Waals surface area contributed by atoms with Gasteiger partial charge in [-0.3, -0.25) is 14.5 Å². The molecule has 43 heavy (non-hydrogen) atoms. The zero-order chi connectivity index (χ0) is 30.4. The molecule has 3 aromatic rings. The Bertz CT molecular complexity index is 1380. The quantitative estimate of drug-likeness (QED) is 0.325. The van der Waals surface area contributed by atoms with E-state index in [-0.39, 0.29) is 29.8 Å². The number of aromatic nitrogens is 2. The summed E-state index contributed by atoms with van der Waals surface area (Å²) in [5.41, 5.74) is 2.55. The van der Waals surface area contributed by atoms with E-state index in [4.69, 9.17) is 9.15 Å². The average Bonchev–Trinajstić information content (AvgIpc) is 3.52. The molecule has 2 aliphatic rings. The van der Waals surface area contributed by atoms with Crippen LogP contribution in [0, 0.1) is 5.41 Å². The molecule has 2 aliphatic heterocycles. The summed E-state index contributed by atoms with van der Waals surface area (Å²) in [6.07, 6.45) is 6.45. The number of ether oxygens (including phenoxy) is 1. The molecule has 0 bridgehead atoms. The molecular formula is C32H42N6O5. The van der Waals surface area contributed by atoms with E-state index in [0.29, 0.717) is 43.4 Å². The maximum absolute atomic E-state index is 12.9. The van der Waals surface area contributed by atoms with Gasteiger partial charge in [0.1, 0.15) is 18.2 Å². The zero-order valence-corrected chi connectivity index (χ0v) is 25.2. The Morgan fingerprint density at radius 1 is 1.14 bits per heavy atom. The Balaban J connectivity index is 1.04. The second kappa shape index (κ2) is 13.6. The molecule has 0 unspecified atom stereocenters. The third kappa shape index (κ3) is 8.32. The lowest BCUT2D eigenvalue weighted by molar-refractivity contribution is -0.140. The molecule has 0 spiro atoms. The monoisotopic (exact) mass is 590 g/mol. The molecule has 1 saturated heterocycles. The number of hydrogen-bond acceptors (Lipinski definition) is 9. The van der Waals surface area contributed by atoms with E-state index in [9.17, 15) is 14.7 Å². The Hall–Kier alpha value is -3.96. The molecule has 4 heterocycles. The highest BCUT2D eigenvalue weighted by molar-refractivity contribution is 5.94. The van der Waals surface area contributed by atoms with E-state index in [0.717, 1.165) is 38.1 Å². The Kier molecular flexibility index (Phi) is 9.62. The number of rotatable bonds is 10. The highest BCUT2D eigenvalue weighted by Gasteiger charge is 2.30. The Morgan fingerprint density at radius 2 is 1.95 bits per heavy atom. The first-order valence-corrected chi connectivity index (χ1v) is 15.0. The molecule has 2 aromatic heterocycles. The summed E-state index contributed by atoms with van der Waals surface area (Å²) < 4.78 is 11.0. The number of benzene rings is 1. The van der Waals surface area contributed by atoms with Gasteiger partial charge in [-0.1, -0.05) is 26.8 Å². The van der Waals surface area contributed by atoms with Crippen LogP contribution in [0.1, 0.15) is 60.9 Å². The first-order chi connectivity index (χ1) is 20.6. The van der Waals surface area contributed by atoms with Crippen LogP contribution < -0.4 is 15.4 Å². The van der Waals surface area contributed by atoms with Gasteiger partial charge in [-0.25, -0.2) is 9.97 Å². The standard InChI is InChI=1S/C32H42N6O5/c1-32(2,3)31(41)38-12-8-25(9-13-38)36-29-15-23(6-10-34-29)30(40)35-16-26(39)19-37-11-7-22-14-27(5-4-24(22)18-37)42-20-28-17-33-21-43-28/h4-6,10,14-15,17,21,25-26,39H,7-9,11-13,16,18-20H2,1-3H3,(H,34,36)(H,35,40)/t26-/m0/s1. The van der Waals surface area contributed by atoms with Crippen LogP contribution in [0.25, 0.3) is 0 Å². The number of fused-ring (bicyclic) bond motifs is 1. The highest BCUT2D eigenvalue weighted by atomic mass is 16.5. The second-order valence-corrected chi connectivity index (χ2v) is 12.4. The summed E-state index contributed by atoms with van der Waals surface area (Å²) in [5.74, 6) is 2.02. The van der Waals surface area contributed by atoms with Crippen molar-refractivity contribution < 1.29 is 23.8 Å². The number of oxazole rings is 1. The van der Waals surface area contributed by atoms with Gasteiger partial charge in [0.05, 0.1) is 12.3 Å². The number of nitrogens with zero attached hydrogens (tertiary/aromatic N) is 4. The molecule has 11 heteroatoms. The number of likely N-dealkylation sites (tertiary alicyclic amines) is 1. The van der Waals surface area contributed by atoms with Crippen LogP contribution in [0.3, 0.4) is 0 Å². The normalized spacial score (nSPS) is 16.8. The number of nitrogens with one attached hydrogen (secondary N) is 2. The van der Waals surface area contributed by atoms with Crippen molar-refractivity contribution >= 4 is 17.6 Å². The van der Waals surface area contributed by atoms with Crippen LogP contribution in [0.5, 0.6) is 5.75 Å². The minimum Gasteiger partial charge on any atom is -0.486 e. The minimum absolute atomic E-state index is 0.155. The molecule has 0 aliphatic carbocycles. The van der Waals surface area contributed by atoms with E-state index in [2.05, 4.69) is 37.6 Å². The zero-order valence-electron chi connectivity index (χ0n) is 25.2. The summed E-state index contributed by atoms with van der Waals surface area (Å²) >= 11 is 0. The summed E-state index contributed by atoms with van der Waals surface area (Å²) in [6.45, 7) is 9.73. The number of β-amino-alcohol motifs (C(OH)–C–C–N with tert-alkyl or cyclic N) is 1. The van der Waals surface area contributed by atoms with Crippen LogP contribution >= 0.6 is 0 Å². The maximum atomic E-state index is 12.9. The van der Waals surface area contributed by atoms with Crippen molar-refractivity contribution in [1.82, 2.24) is 25.1 Å². The number of hydrogen-bond donors (Lipinski definition) is 3. The summed E-state index contributed by atoms with van der Waals surface area (Å²) in [6, 6.07) is 9.67. The van der Waals surface area contributed by atoms with Gasteiger partial charge < -0.3 is 29.8 Å². The van der Waals surface area contributed by atoms with Gasteiger partial charge in [-0.05, 0) is 54.7 Å². The topological polar surface area (TPSA) is 133 Å². The van der Waals surface area contributed by atoms with Gasteiger partial charge in [0, 0.05) is 62.5 Å². The number of piperidine rings is 1. The van der Waals surface area contributed by atoms with Crippen molar-refractivity contribution in [3.8, 4) is 5.75 Å². The van der Waals surface area contributed by atoms with Crippen LogP contribution in [0.4, 0.5) is 5.82 Å². The van der Waals surface area contributed by atoms with Gasteiger partial charge in [0.15, 0.2) is 12.2 Å². The first-order valence-electron chi connectivity index (χ1n) is 15.0. The molecule has 1 fully saturated rings. The average molecular weight is 591 g/mol. The number of pyridine rings is 1. The first kappa shape index (κ1) is 30.5. The lowest BCUT2D eigenvalue weighted by atomic mass is 9.93. The van der Waals surface area contributed by atoms with Crippen LogP contribution in [0.2, 0.25) is 0 Å². The predicted molar refractivity (Wildman–Crippen MR) is 162 cm³/mol. The van der Waals surface area contributed by atoms with Crippen LogP contribution in [-0.4, -0.2) is 81.6 Å². The number of anilines is 1. The fraction of sp³-hybridized carbons (Fsp3) is 0.500. The molecule has 0 saturated carbocycles. The van der Waals surface area contributed by atoms with Crippen molar-refractivity contribution in [2.24, 2.45) is 5.41 Å². The van der Waals surface area contributed by atoms with Crippen molar-refractivity contribution in [1.29, 1.82) is 0 Å². The fourth-order valence-electron chi connectivity index (χ4n) is 5.54. The summed E-state index contributed by atoms with van der Waals surface area (Å²) in [4.78, 5) is 37.8. The van der Waals surface area contributed by atoms with Crippen LogP contribution in [0.15, 0.2) is 53.5 Å². The lowest BCUT2D eigenvalue weighted by Crippen LogP contribution is -2.46.